The Hall–Kier alpha value is -3.02. The molecule has 2 aromatic rings. The molecule has 2 amide bonds. The topological polar surface area (TPSA) is 105 Å². The van der Waals surface area contributed by atoms with Gasteiger partial charge in [-0.05, 0) is 38.8 Å². The van der Waals surface area contributed by atoms with Gasteiger partial charge >= 0.3 is 0 Å². The van der Waals surface area contributed by atoms with E-state index in [1.807, 2.05) is 52.0 Å². The first-order valence-electron chi connectivity index (χ1n) is 9.49. The molecule has 0 unspecified atom stereocenters. The zero-order valence-corrected chi connectivity index (χ0v) is 18.0. The van der Waals surface area contributed by atoms with Gasteiger partial charge in [-0.15, -0.1) is 0 Å². The monoisotopic (exact) mass is 398 g/mol. The van der Waals surface area contributed by atoms with Crippen molar-refractivity contribution in [1.29, 1.82) is 0 Å². The summed E-state index contributed by atoms with van der Waals surface area (Å²) >= 11 is 0. The number of carbonyl (C=O) groups is 2. The molecule has 156 valence electrons. The van der Waals surface area contributed by atoms with E-state index in [-0.39, 0.29) is 13.2 Å². The number of rotatable bonds is 8. The van der Waals surface area contributed by atoms with E-state index in [1.54, 1.807) is 0 Å². The highest BCUT2D eigenvalue weighted by atomic mass is 16.5. The average molecular weight is 399 g/mol. The lowest BCUT2D eigenvalue weighted by Crippen LogP contribution is -2.26. The van der Waals surface area contributed by atoms with Crippen molar-refractivity contribution < 1.29 is 19.1 Å². The first-order valence-corrected chi connectivity index (χ1v) is 9.49. The first-order chi connectivity index (χ1) is 13.4. The normalized spacial score (nSPS) is 11.2. The van der Waals surface area contributed by atoms with Crippen LogP contribution in [0.25, 0.3) is 0 Å². The lowest BCUT2D eigenvalue weighted by Gasteiger charge is -2.32. The highest BCUT2D eigenvalue weighted by molar-refractivity contribution is 5.76. The largest absolute Gasteiger partial charge is 0.483 e. The Bertz CT molecular complexity index is 873. The number of amides is 2. The Morgan fingerprint density at radius 3 is 1.41 bits per heavy atom. The van der Waals surface area contributed by atoms with Gasteiger partial charge in [0.15, 0.2) is 13.2 Å². The molecule has 0 fully saturated rings. The van der Waals surface area contributed by atoms with Gasteiger partial charge in [-0.3, -0.25) is 9.59 Å². The van der Waals surface area contributed by atoms with Crippen molar-refractivity contribution in [2.75, 3.05) is 13.2 Å². The van der Waals surface area contributed by atoms with Crippen LogP contribution in [0.3, 0.4) is 0 Å². The van der Waals surface area contributed by atoms with Crippen LogP contribution in [0.5, 0.6) is 11.5 Å². The Labute approximate surface area is 172 Å². The highest BCUT2D eigenvalue weighted by Gasteiger charge is 2.32. The molecular weight excluding hydrogens is 368 g/mol. The van der Waals surface area contributed by atoms with Gasteiger partial charge in [-0.25, -0.2) is 0 Å². The summed E-state index contributed by atoms with van der Waals surface area (Å²) in [4.78, 5) is 22.6. The van der Waals surface area contributed by atoms with E-state index < -0.39 is 17.2 Å². The van der Waals surface area contributed by atoms with Crippen molar-refractivity contribution >= 4 is 11.8 Å². The molecule has 2 rings (SSSR count). The van der Waals surface area contributed by atoms with E-state index in [1.165, 1.54) is 0 Å². The van der Waals surface area contributed by atoms with Crippen LogP contribution >= 0.6 is 0 Å². The molecular formula is C23H30N2O4. The second kappa shape index (κ2) is 8.55. The number of benzene rings is 2. The fourth-order valence-corrected chi connectivity index (χ4v) is 3.65. The second-order valence-electron chi connectivity index (χ2n) is 8.05. The van der Waals surface area contributed by atoms with Crippen LogP contribution in [0.4, 0.5) is 0 Å². The third-order valence-electron chi connectivity index (χ3n) is 4.90. The molecule has 6 nitrogen and oxygen atoms in total. The minimum atomic E-state index is -0.548. The zero-order valence-electron chi connectivity index (χ0n) is 18.0. The van der Waals surface area contributed by atoms with Gasteiger partial charge in [0.1, 0.15) is 11.5 Å². The summed E-state index contributed by atoms with van der Waals surface area (Å²) in [5, 5.41) is 0. The second-order valence-corrected chi connectivity index (χ2v) is 8.05. The fourth-order valence-electron chi connectivity index (χ4n) is 3.65. The molecule has 0 aliphatic carbocycles. The SMILES string of the molecule is Cc1cc(C)c(OCC(N)=O)c(C(C)(C)c2cc(C)cc(C)c2OCC(N)=O)c1. The molecule has 0 bridgehead atoms. The number of primary amides is 2. The quantitative estimate of drug-likeness (QED) is 0.713. The van der Waals surface area contributed by atoms with Gasteiger partial charge < -0.3 is 20.9 Å². The van der Waals surface area contributed by atoms with Gasteiger partial charge in [0.25, 0.3) is 11.8 Å². The van der Waals surface area contributed by atoms with E-state index in [2.05, 4.69) is 13.8 Å². The highest BCUT2D eigenvalue weighted by Crippen LogP contribution is 2.44. The van der Waals surface area contributed by atoms with Crippen molar-refractivity contribution in [3.05, 3.63) is 57.6 Å². The summed E-state index contributed by atoms with van der Waals surface area (Å²) < 4.78 is 11.6. The standard InChI is InChI=1S/C23H30N2O4/c1-13-7-15(3)21(28-11-19(24)26)17(9-13)23(5,6)18-10-14(2)8-16(4)22(18)29-12-20(25)27/h7-10H,11-12H2,1-6H3,(H2,24,26)(H2,25,27). The van der Waals surface area contributed by atoms with Crippen LogP contribution in [0.1, 0.15) is 47.2 Å². The van der Waals surface area contributed by atoms with Crippen LogP contribution in [-0.2, 0) is 15.0 Å². The number of hydrogen-bond acceptors (Lipinski definition) is 4. The van der Waals surface area contributed by atoms with Gasteiger partial charge in [-0.2, -0.15) is 0 Å². The fraction of sp³-hybridized carbons (Fsp3) is 0.391. The van der Waals surface area contributed by atoms with Gasteiger partial charge in [0.05, 0.1) is 0 Å². The van der Waals surface area contributed by atoms with Gasteiger partial charge in [-0.1, -0.05) is 49.2 Å². The molecule has 0 atom stereocenters. The Balaban J connectivity index is 2.69. The van der Waals surface area contributed by atoms with E-state index in [9.17, 15) is 9.59 Å². The van der Waals surface area contributed by atoms with Crippen molar-refractivity contribution in [3.63, 3.8) is 0 Å². The molecule has 0 heterocycles. The van der Waals surface area contributed by atoms with Crippen molar-refractivity contribution in [2.24, 2.45) is 11.5 Å². The summed E-state index contributed by atoms with van der Waals surface area (Å²) in [5.74, 6) is 0.176. The van der Waals surface area contributed by atoms with Gasteiger partial charge in [0.2, 0.25) is 0 Å². The number of aryl methyl sites for hydroxylation is 4. The molecule has 0 aliphatic rings. The molecule has 0 saturated heterocycles. The number of ether oxygens (including phenoxy) is 2. The van der Waals surface area contributed by atoms with Gasteiger partial charge in [0, 0.05) is 16.5 Å². The molecule has 0 aliphatic heterocycles. The molecule has 6 heteroatoms. The lowest BCUT2D eigenvalue weighted by molar-refractivity contribution is -0.120. The van der Waals surface area contributed by atoms with Crippen LogP contribution in [-0.4, -0.2) is 25.0 Å². The van der Waals surface area contributed by atoms with Crippen LogP contribution in [0.15, 0.2) is 24.3 Å². The minimum absolute atomic E-state index is 0.204. The Morgan fingerprint density at radius 1 is 0.759 bits per heavy atom. The van der Waals surface area contributed by atoms with Crippen LogP contribution < -0.4 is 20.9 Å². The molecule has 0 saturated carbocycles. The Kier molecular flexibility index (Phi) is 6.57. The predicted molar refractivity (Wildman–Crippen MR) is 113 cm³/mol. The maximum atomic E-state index is 11.3. The van der Waals surface area contributed by atoms with Crippen LogP contribution in [0, 0.1) is 27.7 Å². The molecule has 0 aromatic heterocycles. The van der Waals surface area contributed by atoms with E-state index >= 15 is 0 Å². The van der Waals surface area contributed by atoms with Crippen molar-refractivity contribution in [1.82, 2.24) is 0 Å². The number of hydrogen-bond donors (Lipinski definition) is 2. The minimum Gasteiger partial charge on any atom is -0.483 e. The summed E-state index contributed by atoms with van der Waals surface area (Å²) in [6.45, 7) is 11.6. The van der Waals surface area contributed by atoms with E-state index in [0.29, 0.717) is 11.5 Å². The van der Waals surface area contributed by atoms with Crippen molar-refractivity contribution in [3.8, 4) is 11.5 Å². The average Bonchev–Trinajstić information content (AvgIpc) is 2.58. The number of carbonyl (C=O) groups excluding carboxylic acids is 2. The third-order valence-corrected chi connectivity index (χ3v) is 4.90. The lowest BCUT2D eigenvalue weighted by atomic mass is 9.75. The maximum Gasteiger partial charge on any atom is 0.255 e. The molecule has 29 heavy (non-hydrogen) atoms. The van der Waals surface area contributed by atoms with E-state index in [0.717, 1.165) is 33.4 Å². The van der Waals surface area contributed by atoms with Crippen molar-refractivity contribution in [2.45, 2.75) is 47.0 Å². The summed E-state index contributed by atoms with van der Waals surface area (Å²) in [5.41, 5.74) is 15.8. The third kappa shape index (κ3) is 5.08. The number of nitrogens with two attached hydrogens (primary N) is 2. The first kappa shape index (κ1) is 22.3. The summed E-state index contributed by atoms with van der Waals surface area (Å²) in [6.07, 6.45) is 0. The van der Waals surface area contributed by atoms with E-state index in [4.69, 9.17) is 20.9 Å². The summed E-state index contributed by atoms with van der Waals surface area (Å²) in [7, 11) is 0. The molecule has 0 radical (unpaired) electrons. The van der Waals surface area contributed by atoms with Crippen LogP contribution in [0.2, 0.25) is 0 Å². The summed E-state index contributed by atoms with van der Waals surface area (Å²) in [6, 6.07) is 8.08. The molecule has 4 N–H and O–H groups in total. The molecule has 2 aromatic carbocycles. The Morgan fingerprint density at radius 2 is 1.10 bits per heavy atom. The smallest absolute Gasteiger partial charge is 0.255 e. The zero-order chi connectivity index (χ0) is 21.9. The predicted octanol–water partition coefficient (Wildman–Crippen LogP) is 2.97. The molecule has 0 spiro atoms. The maximum absolute atomic E-state index is 11.3.